The van der Waals surface area contributed by atoms with E-state index in [0.29, 0.717) is 36.3 Å². The number of carbonyl (C=O) groups excluding carboxylic acids is 1. The van der Waals surface area contributed by atoms with Crippen molar-refractivity contribution in [2.24, 2.45) is 17.3 Å². The molecule has 0 bridgehead atoms. The van der Waals surface area contributed by atoms with Crippen molar-refractivity contribution in [1.82, 2.24) is 0 Å². The van der Waals surface area contributed by atoms with Gasteiger partial charge < -0.3 is 29.0 Å². The van der Waals surface area contributed by atoms with Crippen LogP contribution in [0.2, 0.25) is 0 Å². The highest BCUT2D eigenvalue weighted by atomic mass is 32.1. The molecule has 1 aromatic heterocycles. The fourth-order valence-electron chi connectivity index (χ4n) is 6.54. The van der Waals surface area contributed by atoms with Gasteiger partial charge >= 0.3 is 5.97 Å². The van der Waals surface area contributed by atoms with Gasteiger partial charge in [-0.15, -0.1) is 11.3 Å². The topological polar surface area (TPSA) is 94.5 Å². The molecular formula is C33H47NO7S. The van der Waals surface area contributed by atoms with Crippen LogP contribution in [0.25, 0.3) is 0 Å². The van der Waals surface area contributed by atoms with Crippen LogP contribution in [-0.4, -0.2) is 74.4 Å². The first-order valence-corrected chi connectivity index (χ1v) is 16.7. The Hall–Kier alpha value is -1.96. The number of aromatic carboxylic acids is 1. The Kier molecular flexibility index (Phi) is 10.6. The molecule has 4 aliphatic rings. The van der Waals surface area contributed by atoms with E-state index in [0.717, 1.165) is 88.8 Å². The molecule has 2 saturated carbocycles. The summed E-state index contributed by atoms with van der Waals surface area (Å²) < 4.78 is 23.2. The fraction of sp³-hybridized carbons (Fsp3) is 0.758. The summed E-state index contributed by atoms with van der Waals surface area (Å²) in [5.41, 5.74) is 0.0961. The molecule has 2 aliphatic heterocycles. The summed E-state index contributed by atoms with van der Waals surface area (Å²) in [5.74, 6) is 6.15. The Balaban J connectivity index is 1.35. The molecule has 4 fully saturated rings. The number of carboxylic acids is 1. The lowest BCUT2D eigenvalue weighted by Crippen LogP contribution is -2.47. The molecule has 2 unspecified atom stereocenters. The van der Waals surface area contributed by atoms with E-state index in [4.69, 9.17) is 18.9 Å². The zero-order valence-electron chi connectivity index (χ0n) is 25.4. The number of carboxylic acid groups (broad SMARTS) is 1. The summed E-state index contributed by atoms with van der Waals surface area (Å²) in [5, 5.41) is 10.2. The molecule has 5 rings (SSSR count). The Bertz CT molecular complexity index is 1120. The van der Waals surface area contributed by atoms with Crippen LogP contribution in [-0.2, 0) is 23.7 Å². The minimum absolute atomic E-state index is 0.0523. The van der Waals surface area contributed by atoms with Crippen molar-refractivity contribution in [3.05, 3.63) is 15.8 Å². The van der Waals surface area contributed by atoms with Gasteiger partial charge in [0.15, 0.2) is 0 Å². The van der Waals surface area contributed by atoms with Crippen LogP contribution < -0.4 is 4.90 Å². The number of hydrogen-bond acceptors (Lipinski definition) is 7. The average molecular weight is 602 g/mol. The van der Waals surface area contributed by atoms with Crippen LogP contribution in [0.4, 0.5) is 5.69 Å². The number of anilines is 1. The highest BCUT2D eigenvalue weighted by Gasteiger charge is 2.38. The molecule has 42 heavy (non-hydrogen) atoms. The molecule has 1 N–H and O–H groups in total. The second kappa shape index (κ2) is 14.2. The van der Waals surface area contributed by atoms with Crippen LogP contribution in [0.5, 0.6) is 0 Å². The Morgan fingerprint density at radius 2 is 1.64 bits per heavy atom. The van der Waals surface area contributed by atoms with E-state index in [1.165, 1.54) is 0 Å². The summed E-state index contributed by atoms with van der Waals surface area (Å²) in [7, 11) is 0. The van der Waals surface area contributed by atoms with Gasteiger partial charge in [0.05, 0.1) is 48.7 Å². The van der Waals surface area contributed by atoms with Gasteiger partial charge in [0, 0.05) is 30.6 Å². The van der Waals surface area contributed by atoms with Crippen molar-refractivity contribution in [2.45, 2.75) is 109 Å². The van der Waals surface area contributed by atoms with Crippen LogP contribution in [0.3, 0.4) is 0 Å². The van der Waals surface area contributed by atoms with Crippen LogP contribution >= 0.6 is 11.3 Å². The van der Waals surface area contributed by atoms with E-state index in [9.17, 15) is 14.7 Å². The molecule has 0 spiro atoms. The number of ether oxygens (including phenoxy) is 4. The number of rotatable bonds is 9. The second-order valence-corrected chi connectivity index (χ2v) is 14.3. The third-order valence-corrected chi connectivity index (χ3v) is 10.2. The van der Waals surface area contributed by atoms with Crippen molar-refractivity contribution in [2.75, 3.05) is 37.9 Å². The van der Waals surface area contributed by atoms with Gasteiger partial charge in [0.25, 0.3) is 0 Å². The van der Waals surface area contributed by atoms with Gasteiger partial charge in [-0.3, -0.25) is 4.79 Å². The molecule has 2 saturated heterocycles. The van der Waals surface area contributed by atoms with Gasteiger partial charge in [0.1, 0.15) is 4.88 Å². The number of thiophene rings is 1. The quantitative estimate of drug-likeness (QED) is 0.352. The maximum absolute atomic E-state index is 14.2. The molecule has 2 atom stereocenters. The van der Waals surface area contributed by atoms with E-state index in [2.05, 4.69) is 18.8 Å². The summed E-state index contributed by atoms with van der Waals surface area (Å²) in [4.78, 5) is 29.4. The van der Waals surface area contributed by atoms with E-state index in [1.54, 1.807) is 0 Å². The Morgan fingerprint density at radius 1 is 0.976 bits per heavy atom. The lowest BCUT2D eigenvalue weighted by molar-refractivity contribution is -0.124. The summed E-state index contributed by atoms with van der Waals surface area (Å²) in [6.07, 6.45) is 9.31. The third-order valence-electron chi connectivity index (χ3n) is 9.14. The maximum Gasteiger partial charge on any atom is 0.348 e. The van der Waals surface area contributed by atoms with Gasteiger partial charge in [0.2, 0.25) is 5.91 Å². The normalized spacial score (nSPS) is 30.1. The standard InChI is InChI=1S/C33H47NO7S/c1-22-4-6-23(7-5-22)31(35)34(24-8-10-25(11-9-24)41-27-14-17-39-20-27)29-18-28(42-30(29)32(36)37)12-15-33(2,3)21-40-26-13-16-38-19-26/h18,22-27H,4-11,13-14,16-17,19-21H2,1-3H3,(H,36,37). The number of amides is 1. The monoisotopic (exact) mass is 601 g/mol. The molecule has 9 heteroatoms. The predicted molar refractivity (Wildman–Crippen MR) is 162 cm³/mol. The molecule has 1 amide bonds. The molecular weight excluding hydrogens is 554 g/mol. The van der Waals surface area contributed by atoms with E-state index in [1.807, 2.05) is 24.8 Å². The summed E-state index contributed by atoms with van der Waals surface area (Å²) in [6, 6.07) is 1.79. The first-order valence-electron chi connectivity index (χ1n) is 15.8. The minimum Gasteiger partial charge on any atom is -0.477 e. The molecule has 8 nitrogen and oxygen atoms in total. The van der Waals surface area contributed by atoms with Gasteiger partial charge in [-0.05, 0) is 90.0 Å². The van der Waals surface area contributed by atoms with Crippen molar-refractivity contribution in [1.29, 1.82) is 0 Å². The van der Waals surface area contributed by atoms with Gasteiger partial charge in [-0.25, -0.2) is 4.79 Å². The van der Waals surface area contributed by atoms with Gasteiger partial charge in [-0.2, -0.15) is 0 Å². The third kappa shape index (κ3) is 8.15. The van der Waals surface area contributed by atoms with Crippen LogP contribution in [0.15, 0.2) is 6.07 Å². The number of hydrogen-bond donors (Lipinski definition) is 1. The van der Waals surface area contributed by atoms with Crippen molar-refractivity contribution >= 4 is 28.9 Å². The van der Waals surface area contributed by atoms with Crippen molar-refractivity contribution < 1.29 is 33.6 Å². The van der Waals surface area contributed by atoms with E-state index < -0.39 is 11.4 Å². The number of carbonyl (C=O) groups is 2. The smallest absolute Gasteiger partial charge is 0.348 e. The van der Waals surface area contributed by atoms with Crippen molar-refractivity contribution in [3.63, 3.8) is 0 Å². The predicted octanol–water partition coefficient (Wildman–Crippen LogP) is 5.91. The van der Waals surface area contributed by atoms with Crippen LogP contribution in [0, 0.1) is 29.1 Å². The highest BCUT2D eigenvalue weighted by molar-refractivity contribution is 7.15. The summed E-state index contributed by atoms with van der Waals surface area (Å²) in [6.45, 7) is 9.53. The van der Waals surface area contributed by atoms with Crippen LogP contribution in [0.1, 0.15) is 99.5 Å². The molecule has 232 valence electrons. The van der Waals surface area contributed by atoms with E-state index >= 15 is 0 Å². The SMILES string of the molecule is CC1CCC(C(=O)N(c2cc(C#CC(C)(C)COC3CCOC3)sc2C(=O)O)C2CCC(OC3CCOC3)CC2)CC1. The average Bonchev–Trinajstić information content (AvgIpc) is 3.75. The molecule has 0 aromatic carbocycles. The Morgan fingerprint density at radius 3 is 2.26 bits per heavy atom. The fourth-order valence-corrected chi connectivity index (χ4v) is 7.39. The zero-order chi connectivity index (χ0) is 29.7. The maximum atomic E-state index is 14.2. The lowest BCUT2D eigenvalue weighted by Gasteiger charge is -2.39. The van der Waals surface area contributed by atoms with Gasteiger partial charge in [-0.1, -0.05) is 18.8 Å². The lowest BCUT2D eigenvalue weighted by atomic mass is 9.81. The largest absolute Gasteiger partial charge is 0.477 e. The molecule has 1 aromatic rings. The molecule has 3 heterocycles. The second-order valence-electron chi connectivity index (χ2n) is 13.3. The van der Waals surface area contributed by atoms with Crippen molar-refractivity contribution in [3.8, 4) is 11.8 Å². The zero-order valence-corrected chi connectivity index (χ0v) is 26.2. The number of nitrogens with zero attached hydrogens (tertiary/aromatic N) is 1. The highest BCUT2D eigenvalue weighted by Crippen LogP contribution is 2.39. The summed E-state index contributed by atoms with van der Waals surface area (Å²) >= 11 is 1.16. The Labute approximate surface area is 254 Å². The minimum atomic E-state index is -1.01. The molecule has 2 aliphatic carbocycles. The molecule has 0 radical (unpaired) electrons. The van der Waals surface area contributed by atoms with E-state index in [-0.39, 0.29) is 41.1 Å². The first-order chi connectivity index (χ1) is 20.2. The first kappa shape index (κ1) is 31.5.